The van der Waals surface area contributed by atoms with Crippen LogP contribution in [0.2, 0.25) is 0 Å². The number of allylic oxidation sites excluding steroid dienone is 3. The number of hydrogen-bond acceptors (Lipinski definition) is 4. The molecule has 15 aromatic rings. The van der Waals surface area contributed by atoms with Crippen LogP contribution < -0.4 is 19.6 Å². The molecule has 0 aliphatic heterocycles. The molecule has 4 heteroatoms. The van der Waals surface area contributed by atoms with Crippen molar-refractivity contribution in [3.05, 3.63) is 423 Å². The van der Waals surface area contributed by atoms with Crippen LogP contribution in [0.3, 0.4) is 0 Å². The Kier molecular flexibility index (Phi) is 25.2. The minimum Gasteiger partial charge on any atom is -0.311 e. The number of benzene rings is 15. The van der Waals surface area contributed by atoms with Gasteiger partial charge in [-0.1, -0.05) is 310 Å². The molecule has 0 spiro atoms. The third-order valence-corrected chi connectivity index (χ3v) is 21.3. The van der Waals surface area contributed by atoms with Crippen molar-refractivity contribution in [1.29, 1.82) is 0 Å². The van der Waals surface area contributed by atoms with Crippen molar-refractivity contribution in [3.8, 4) is 44.5 Å². The Bertz CT molecular complexity index is 5320. The normalized spacial score (nSPS) is 13.6. The Hall–Kier alpha value is -12.8. The molecular weight excluding hydrogens is 1340 g/mol. The molecule has 3 aliphatic rings. The van der Waals surface area contributed by atoms with Gasteiger partial charge in [0, 0.05) is 80.1 Å². The van der Waals surface area contributed by atoms with Crippen molar-refractivity contribution in [1.82, 2.24) is 0 Å². The molecule has 0 fully saturated rings. The zero-order valence-electron chi connectivity index (χ0n) is 62.6. The number of nitrogens with zero attached hydrogens (tertiary/aromatic N) is 4. The summed E-state index contributed by atoms with van der Waals surface area (Å²) in [5.41, 5.74) is 29.7. The number of rotatable bonds is 18. The maximum atomic E-state index is 3.56. The van der Waals surface area contributed by atoms with Crippen LogP contribution >= 0.6 is 0 Å². The number of aryl methyl sites for hydroxylation is 1. The number of fused-ring (bicyclic) bond motifs is 2. The summed E-state index contributed by atoms with van der Waals surface area (Å²) in [5, 5.41) is 2.51. The van der Waals surface area contributed by atoms with E-state index in [2.05, 4.69) is 456 Å². The van der Waals surface area contributed by atoms with E-state index in [0.29, 0.717) is 29.6 Å². The summed E-state index contributed by atoms with van der Waals surface area (Å²) in [4.78, 5) is 9.28. The van der Waals surface area contributed by atoms with Gasteiger partial charge in [-0.05, 0) is 250 Å². The first kappa shape index (κ1) is 77.8. The second-order valence-electron chi connectivity index (χ2n) is 29.0. The first-order valence-corrected chi connectivity index (χ1v) is 38.1. The van der Waals surface area contributed by atoms with E-state index in [1.807, 2.05) is 6.08 Å². The van der Waals surface area contributed by atoms with Crippen LogP contribution in [-0.4, -0.2) is 0 Å². The molecule has 0 radical (unpaired) electrons. The largest absolute Gasteiger partial charge is 0.311 e. The maximum Gasteiger partial charge on any atom is 0.0462 e. The maximum absolute atomic E-state index is 3.56. The molecular formula is C107H104N4. The van der Waals surface area contributed by atoms with Crippen LogP contribution in [0.5, 0.6) is 0 Å². The summed E-state index contributed by atoms with van der Waals surface area (Å²) < 4.78 is 0. The molecule has 2 bridgehead atoms. The van der Waals surface area contributed by atoms with Crippen molar-refractivity contribution in [2.45, 2.75) is 82.1 Å². The van der Waals surface area contributed by atoms with Crippen LogP contribution in [0.15, 0.2) is 406 Å². The Balaban J connectivity index is 0.000000190. The van der Waals surface area contributed by atoms with Gasteiger partial charge >= 0.3 is 0 Å². The lowest BCUT2D eigenvalue weighted by molar-refractivity contribution is 0.281. The molecule has 3 aliphatic carbocycles. The predicted molar refractivity (Wildman–Crippen MR) is 483 cm³/mol. The second kappa shape index (κ2) is 36.0. The minimum absolute atomic E-state index is 0. The average Bonchev–Trinajstić information content (AvgIpc) is 0.716. The van der Waals surface area contributed by atoms with Crippen molar-refractivity contribution in [2.75, 3.05) is 19.6 Å². The molecule has 4 nitrogen and oxygen atoms in total. The van der Waals surface area contributed by atoms with E-state index >= 15 is 0 Å². The Labute approximate surface area is 661 Å². The zero-order chi connectivity index (χ0) is 73.9. The van der Waals surface area contributed by atoms with Gasteiger partial charge < -0.3 is 19.6 Å². The van der Waals surface area contributed by atoms with Gasteiger partial charge in [-0.25, -0.2) is 0 Å². The van der Waals surface area contributed by atoms with Gasteiger partial charge in [-0.2, -0.15) is 0 Å². The van der Waals surface area contributed by atoms with Gasteiger partial charge in [-0.3, -0.25) is 0 Å². The number of hydrogen-bond donors (Lipinski definition) is 0. The molecule has 0 N–H and O–H groups in total. The van der Waals surface area contributed by atoms with Gasteiger partial charge in [0.1, 0.15) is 0 Å². The first-order valence-electron chi connectivity index (χ1n) is 38.1. The highest BCUT2D eigenvalue weighted by molar-refractivity contribution is 6.05. The summed E-state index contributed by atoms with van der Waals surface area (Å²) in [7, 11) is 0. The fraction of sp³-hybridized carbons (Fsp3) is 0.140. The molecule has 0 amide bonds. The van der Waals surface area contributed by atoms with Gasteiger partial charge in [0.05, 0.1) is 0 Å². The molecule has 3 unspecified atom stereocenters. The van der Waals surface area contributed by atoms with Crippen LogP contribution in [-0.2, 0) is 0 Å². The highest BCUT2D eigenvalue weighted by atomic mass is 15.2. The van der Waals surface area contributed by atoms with Crippen LogP contribution in [0.4, 0.5) is 68.2 Å². The van der Waals surface area contributed by atoms with Crippen molar-refractivity contribution >= 4 is 79.0 Å². The molecule has 0 aromatic heterocycles. The van der Waals surface area contributed by atoms with Crippen LogP contribution in [0, 0.1) is 24.7 Å². The highest BCUT2D eigenvalue weighted by Crippen LogP contribution is 2.59. The quantitative estimate of drug-likeness (QED) is 0.0794. The SMILES string of the molecule is C.C.C.C=CC(C)C.CC1=CC2c3c(-c4ccc(N(c5ccccc5)c5ccccc5)cc4)ccc(-c4ccc(N(c5ccccc5)c5ccccc5)cc4)c3C1CC2C(C)C.Cc1ccc2c(-c3ccc(N(c4ccccc4)c4ccccc4)cc3)ccc(-c3ccc(N(c4ccccc4)c4ccccc4)cc3)c2c1. The monoisotopic (exact) mass is 1440 g/mol. The average molecular weight is 1450 g/mol. The van der Waals surface area contributed by atoms with Crippen LogP contribution in [0.25, 0.3) is 55.3 Å². The lowest BCUT2D eigenvalue weighted by Gasteiger charge is -2.46. The molecule has 0 heterocycles. The van der Waals surface area contributed by atoms with Crippen molar-refractivity contribution in [3.63, 3.8) is 0 Å². The molecule has 15 aromatic carbocycles. The topological polar surface area (TPSA) is 13.0 Å². The Morgan fingerprint density at radius 1 is 0.288 bits per heavy atom. The molecule has 3 atom stereocenters. The van der Waals surface area contributed by atoms with E-state index in [1.165, 1.54) is 84.0 Å². The van der Waals surface area contributed by atoms with Gasteiger partial charge in [0.15, 0.2) is 0 Å². The number of para-hydroxylation sites is 8. The van der Waals surface area contributed by atoms with E-state index < -0.39 is 0 Å². The molecule has 552 valence electrons. The summed E-state index contributed by atoms with van der Waals surface area (Å²) in [6.45, 7) is 17.1. The Morgan fingerprint density at radius 3 is 0.802 bits per heavy atom. The number of anilines is 12. The molecule has 0 saturated heterocycles. The summed E-state index contributed by atoms with van der Waals surface area (Å²) in [6.07, 6.45) is 5.74. The first-order chi connectivity index (χ1) is 53.0. The van der Waals surface area contributed by atoms with E-state index in [-0.39, 0.29) is 22.3 Å². The van der Waals surface area contributed by atoms with E-state index in [0.717, 1.165) is 68.2 Å². The lowest BCUT2D eigenvalue weighted by atomic mass is 9.58. The second-order valence-corrected chi connectivity index (χ2v) is 29.0. The third kappa shape index (κ3) is 16.9. The molecule has 0 saturated carbocycles. The zero-order valence-corrected chi connectivity index (χ0v) is 62.6. The van der Waals surface area contributed by atoms with Crippen molar-refractivity contribution in [2.24, 2.45) is 17.8 Å². The van der Waals surface area contributed by atoms with Gasteiger partial charge in [0.2, 0.25) is 0 Å². The fourth-order valence-electron chi connectivity index (χ4n) is 15.9. The lowest BCUT2D eigenvalue weighted by Crippen LogP contribution is -2.32. The standard InChI is InChI=1S/C52H46N2.C47H36N2.C5H10.3CH4/c1-36(2)48-35-49-37(3)34-50(48)52-47(39-26-30-45(31-27-39)54(42-20-12-6-13-21-42)43-22-14-7-15-23-43)33-32-46(51(49)52)38-24-28-44(29-25-38)53(40-16-8-4-9-17-40)41-18-10-5-11-19-41;1-35-22-31-46-44(36-23-27-42(28-24-36)48(38-14-6-2-7-15-38)39-16-8-3-9-17-39)32-33-45(47(46)34-35)37-25-29-43(30-26-37)49(40-18-10-4-11-19-40)41-20-12-5-13-21-41;1-4-5(2)3;;;/h4-34,36,48-50H,35H2,1-3H3;2-34H,1H3;4-5H,1H2,2-3H3;3*1H4. The minimum atomic E-state index is 0. The fourth-order valence-corrected chi connectivity index (χ4v) is 15.9. The van der Waals surface area contributed by atoms with E-state index in [1.54, 1.807) is 0 Å². The van der Waals surface area contributed by atoms with E-state index in [9.17, 15) is 0 Å². The predicted octanol–water partition coefficient (Wildman–Crippen LogP) is 31.9. The Morgan fingerprint density at radius 2 is 0.532 bits per heavy atom. The van der Waals surface area contributed by atoms with Gasteiger partial charge in [-0.15, -0.1) is 6.58 Å². The van der Waals surface area contributed by atoms with Gasteiger partial charge in [0.25, 0.3) is 0 Å². The summed E-state index contributed by atoms with van der Waals surface area (Å²) in [6, 6.07) is 137. The third-order valence-electron chi connectivity index (χ3n) is 21.3. The van der Waals surface area contributed by atoms with Crippen molar-refractivity contribution < 1.29 is 0 Å². The summed E-state index contributed by atoms with van der Waals surface area (Å²) in [5.74, 6) is 2.70. The van der Waals surface area contributed by atoms with Crippen LogP contribution in [0.1, 0.15) is 91.8 Å². The highest BCUT2D eigenvalue weighted by Gasteiger charge is 2.43. The molecule has 18 rings (SSSR count). The smallest absolute Gasteiger partial charge is 0.0462 e. The van der Waals surface area contributed by atoms with E-state index in [4.69, 9.17) is 0 Å². The molecule has 111 heavy (non-hydrogen) atoms. The summed E-state index contributed by atoms with van der Waals surface area (Å²) >= 11 is 0.